The second-order valence-corrected chi connectivity index (χ2v) is 4.27. The smallest absolute Gasteiger partial charge is 0.0633 e. The molecule has 0 amide bonds. The van der Waals surface area contributed by atoms with Crippen LogP contribution >= 0.6 is 0 Å². The molecule has 1 fully saturated rings. The van der Waals surface area contributed by atoms with Crippen LogP contribution in [-0.2, 0) is 4.74 Å². The Morgan fingerprint density at radius 3 is 2.36 bits per heavy atom. The molecule has 0 spiro atoms. The molecule has 1 aliphatic carbocycles. The zero-order valence-corrected chi connectivity index (χ0v) is 8.99. The molecular weight excluding hydrogens is 182 g/mol. The van der Waals surface area contributed by atoms with Gasteiger partial charge in [0.1, 0.15) is 0 Å². The molecule has 0 saturated heterocycles. The van der Waals surface area contributed by atoms with Gasteiger partial charge in [0.05, 0.1) is 24.9 Å². The van der Waals surface area contributed by atoms with Crippen LogP contribution in [0.1, 0.15) is 26.7 Å². The van der Waals surface area contributed by atoms with Crippen LogP contribution in [0.4, 0.5) is 0 Å². The van der Waals surface area contributed by atoms with Crippen LogP contribution < -0.4 is 5.32 Å². The molecule has 0 aliphatic heterocycles. The van der Waals surface area contributed by atoms with Gasteiger partial charge >= 0.3 is 0 Å². The minimum Gasteiger partial charge on any atom is -0.394 e. The van der Waals surface area contributed by atoms with Gasteiger partial charge in [-0.2, -0.15) is 0 Å². The van der Waals surface area contributed by atoms with E-state index in [1.807, 2.05) is 13.8 Å². The molecular formula is C10H21NO3. The molecule has 0 heterocycles. The average molecular weight is 203 g/mol. The van der Waals surface area contributed by atoms with E-state index < -0.39 is 5.54 Å². The van der Waals surface area contributed by atoms with Crippen LogP contribution in [0.2, 0.25) is 0 Å². The van der Waals surface area contributed by atoms with Gasteiger partial charge in [-0.15, -0.1) is 0 Å². The summed E-state index contributed by atoms with van der Waals surface area (Å²) in [5, 5.41) is 21.4. The van der Waals surface area contributed by atoms with Crippen molar-refractivity contribution in [3.8, 4) is 0 Å². The van der Waals surface area contributed by atoms with Crippen LogP contribution in [0, 0.1) is 0 Å². The minimum atomic E-state index is -0.554. The highest BCUT2D eigenvalue weighted by Gasteiger charge is 2.34. The number of aliphatic hydroxyl groups excluding tert-OH is 2. The first-order valence-corrected chi connectivity index (χ1v) is 5.24. The first-order valence-electron chi connectivity index (χ1n) is 5.24. The summed E-state index contributed by atoms with van der Waals surface area (Å²) >= 11 is 0. The third-order valence-corrected chi connectivity index (χ3v) is 2.75. The Labute approximate surface area is 85.3 Å². The molecule has 4 heteroatoms. The Kier molecular flexibility index (Phi) is 4.31. The fourth-order valence-corrected chi connectivity index (χ4v) is 1.69. The lowest BCUT2D eigenvalue weighted by Crippen LogP contribution is -2.58. The lowest BCUT2D eigenvalue weighted by Gasteiger charge is -2.41. The van der Waals surface area contributed by atoms with Gasteiger partial charge in [0.2, 0.25) is 0 Å². The molecule has 3 N–H and O–H groups in total. The van der Waals surface area contributed by atoms with E-state index >= 15 is 0 Å². The van der Waals surface area contributed by atoms with Gasteiger partial charge in [0, 0.05) is 12.6 Å². The second kappa shape index (κ2) is 5.07. The largest absolute Gasteiger partial charge is 0.394 e. The molecule has 1 saturated carbocycles. The van der Waals surface area contributed by atoms with Crippen molar-refractivity contribution in [3.63, 3.8) is 0 Å². The highest BCUT2D eigenvalue weighted by Crippen LogP contribution is 2.25. The van der Waals surface area contributed by atoms with E-state index in [2.05, 4.69) is 5.32 Å². The normalized spacial score (nSPS) is 27.4. The molecule has 1 aliphatic rings. The molecule has 0 bridgehead atoms. The second-order valence-electron chi connectivity index (χ2n) is 4.27. The van der Waals surface area contributed by atoms with Crippen LogP contribution in [0.5, 0.6) is 0 Å². The lowest BCUT2D eigenvalue weighted by molar-refractivity contribution is -0.0253. The summed E-state index contributed by atoms with van der Waals surface area (Å²) in [4.78, 5) is 0. The summed E-state index contributed by atoms with van der Waals surface area (Å²) in [5.74, 6) is 0. The molecule has 0 unspecified atom stereocenters. The van der Waals surface area contributed by atoms with Crippen LogP contribution in [0.15, 0.2) is 0 Å². The number of rotatable bonds is 6. The maximum absolute atomic E-state index is 9.07. The van der Waals surface area contributed by atoms with E-state index in [0.29, 0.717) is 12.1 Å². The zero-order valence-electron chi connectivity index (χ0n) is 8.99. The Bertz CT molecular complexity index is 165. The highest BCUT2D eigenvalue weighted by molar-refractivity contribution is 4.93. The third kappa shape index (κ3) is 2.92. The van der Waals surface area contributed by atoms with E-state index in [0.717, 1.165) is 19.4 Å². The molecule has 14 heavy (non-hydrogen) atoms. The third-order valence-electron chi connectivity index (χ3n) is 2.75. The first kappa shape index (κ1) is 11.9. The number of hydrogen-bond acceptors (Lipinski definition) is 4. The van der Waals surface area contributed by atoms with E-state index in [-0.39, 0.29) is 13.2 Å². The van der Waals surface area contributed by atoms with Gasteiger partial charge in [-0.05, 0) is 26.7 Å². The van der Waals surface area contributed by atoms with Crippen LogP contribution in [0.25, 0.3) is 0 Å². The van der Waals surface area contributed by atoms with Crippen molar-refractivity contribution >= 4 is 0 Å². The summed E-state index contributed by atoms with van der Waals surface area (Å²) < 4.78 is 5.42. The monoisotopic (exact) mass is 203 g/mol. The topological polar surface area (TPSA) is 61.7 Å². The van der Waals surface area contributed by atoms with Gasteiger partial charge in [-0.25, -0.2) is 0 Å². The lowest BCUT2D eigenvalue weighted by atomic mass is 9.87. The molecule has 0 radical (unpaired) electrons. The van der Waals surface area contributed by atoms with Gasteiger partial charge in [0.15, 0.2) is 0 Å². The Morgan fingerprint density at radius 2 is 1.93 bits per heavy atom. The van der Waals surface area contributed by atoms with Crippen molar-refractivity contribution in [1.82, 2.24) is 5.32 Å². The molecule has 0 aromatic rings. The maximum Gasteiger partial charge on any atom is 0.0633 e. The van der Waals surface area contributed by atoms with Gasteiger partial charge in [0.25, 0.3) is 0 Å². The standard InChI is InChI=1S/C10H21NO3/c1-3-14-9-4-8(5-9)11-10(2,6-12)7-13/h8-9,11-13H,3-7H2,1-2H3. The van der Waals surface area contributed by atoms with E-state index in [9.17, 15) is 0 Å². The zero-order chi connectivity index (χ0) is 10.6. The Morgan fingerprint density at radius 1 is 1.36 bits per heavy atom. The number of ether oxygens (including phenoxy) is 1. The molecule has 0 aromatic heterocycles. The fraction of sp³-hybridized carbons (Fsp3) is 1.00. The highest BCUT2D eigenvalue weighted by atomic mass is 16.5. The van der Waals surface area contributed by atoms with Crippen molar-refractivity contribution < 1.29 is 14.9 Å². The van der Waals surface area contributed by atoms with Crippen molar-refractivity contribution in [2.75, 3.05) is 19.8 Å². The van der Waals surface area contributed by atoms with Gasteiger partial charge < -0.3 is 20.3 Å². The molecule has 84 valence electrons. The van der Waals surface area contributed by atoms with Crippen molar-refractivity contribution in [2.24, 2.45) is 0 Å². The molecule has 4 nitrogen and oxygen atoms in total. The fourth-order valence-electron chi connectivity index (χ4n) is 1.69. The predicted molar refractivity (Wildman–Crippen MR) is 54.1 cm³/mol. The van der Waals surface area contributed by atoms with Gasteiger partial charge in [-0.1, -0.05) is 0 Å². The van der Waals surface area contributed by atoms with Gasteiger partial charge in [-0.3, -0.25) is 0 Å². The number of hydrogen-bond donors (Lipinski definition) is 3. The summed E-state index contributed by atoms with van der Waals surface area (Å²) in [6, 6.07) is 0.371. The SMILES string of the molecule is CCOC1CC(NC(C)(CO)CO)C1. The summed E-state index contributed by atoms with van der Waals surface area (Å²) in [6.45, 7) is 4.49. The quantitative estimate of drug-likeness (QED) is 0.563. The Balaban J connectivity index is 2.21. The summed E-state index contributed by atoms with van der Waals surface area (Å²) in [6.07, 6.45) is 2.31. The van der Waals surface area contributed by atoms with E-state index in [1.165, 1.54) is 0 Å². The van der Waals surface area contributed by atoms with Crippen LogP contribution in [0.3, 0.4) is 0 Å². The molecule has 0 atom stereocenters. The van der Waals surface area contributed by atoms with Crippen LogP contribution in [-0.4, -0.2) is 47.7 Å². The summed E-state index contributed by atoms with van der Waals surface area (Å²) in [7, 11) is 0. The number of aliphatic hydroxyl groups is 2. The maximum atomic E-state index is 9.07. The molecule has 0 aromatic carbocycles. The van der Waals surface area contributed by atoms with E-state index in [1.54, 1.807) is 0 Å². The van der Waals surface area contributed by atoms with Crippen molar-refractivity contribution in [1.29, 1.82) is 0 Å². The Hall–Kier alpha value is -0.160. The summed E-state index contributed by atoms with van der Waals surface area (Å²) in [5.41, 5.74) is -0.554. The molecule has 1 rings (SSSR count). The predicted octanol–water partition coefficient (Wildman–Crippen LogP) is -0.113. The minimum absolute atomic E-state index is 0.0424. The van der Waals surface area contributed by atoms with Crippen molar-refractivity contribution in [3.05, 3.63) is 0 Å². The first-order chi connectivity index (χ1) is 6.63. The van der Waals surface area contributed by atoms with E-state index in [4.69, 9.17) is 14.9 Å². The average Bonchev–Trinajstić information content (AvgIpc) is 2.14. The van der Waals surface area contributed by atoms with Crippen molar-refractivity contribution in [2.45, 2.75) is 44.4 Å². The number of nitrogens with one attached hydrogen (secondary N) is 1.